The molecule has 37 heavy (non-hydrogen) atoms. The van der Waals surface area contributed by atoms with Crippen molar-refractivity contribution in [2.45, 2.75) is 69.5 Å². The van der Waals surface area contributed by atoms with Crippen LogP contribution < -0.4 is 22.1 Å². The van der Waals surface area contributed by atoms with E-state index in [4.69, 9.17) is 11.5 Å². The van der Waals surface area contributed by atoms with Gasteiger partial charge in [0.1, 0.15) is 17.8 Å². The second kappa shape index (κ2) is 14.3. The van der Waals surface area contributed by atoms with Gasteiger partial charge in [0, 0.05) is 6.42 Å². The monoisotopic (exact) mass is 732 g/mol. The summed E-state index contributed by atoms with van der Waals surface area (Å²) in [7, 11) is 0. The maximum Gasteiger partial charge on any atom is 0.243 e. The number of hydrogen-bond donors (Lipinski definition) is 5. The number of benzene rings is 2. The van der Waals surface area contributed by atoms with Crippen LogP contribution in [0.25, 0.3) is 0 Å². The predicted octanol–water partition coefficient (Wildman–Crippen LogP) is 3.14. The molecule has 1 fully saturated rings. The molecule has 10 heteroatoms. The molecule has 1 aliphatic carbocycles. The number of rotatable bonds is 11. The first-order valence-corrected chi connectivity index (χ1v) is 14.7. The minimum absolute atomic E-state index is 0.201. The molecule has 0 radical (unpaired) electrons. The number of primary amides is 1. The molecule has 200 valence electrons. The fourth-order valence-corrected chi connectivity index (χ4v) is 6.59. The lowest BCUT2D eigenvalue weighted by Crippen LogP contribution is -2.56. The Labute approximate surface area is 245 Å². The number of amides is 3. The van der Waals surface area contributed by atoms with Crippen LogP contribution in [0.15, 0.2) is 42.5 Å². The Morgan fingerprint density at radius 1 is 0.892 bits per heavy atom. The van der Waals surface area contributed by atoms with Gasteiger partial charge in [0.15, 0.2) is 0 Å². The van der Waals surface area contributed by atoms with Gasteiger partial charge in [-0.3, -0.25) is 14.4 Å². The molecule has 1 aliphatic rings. The zero-order valence-electron chi connectivity index (χ0n) is 20.6. The van der Waals surface area contributed by atoms with Gasteiger partial charge >= 0.3 is 0 Å². The smallest absolute Gasteiger partial charge is 0.243 e. The summed E-state index contributed by atoms with van der Waals surface area (Å²) in [6.45, 7) is 0. The Balaban J connectivity index is 1.71. The number of phenolic OH excluding ortho intramolecular Hbond substituents is 1. The van der Waals surface area contributed by atoms with Crippen molar-refractivity contribution in [2.75, 3.05) is 0 Å². The van der Waals surface area contributed by atoms with Gasteiger partial charge in [-0.25, -0.2) is 0 Å². The topological polar surface area (TPSA) is 148 Å². The summed E-state index contributed by atoms with van der Waals surface area (Å²) in [5.74, 6) is -0.991. The van der Waals surface area contributed by atoms with Crippen molar-refractivity contribution in [1.82, 2.24) is 10.6 Å². The van der Waals surface area contributed by atoms with Gasteiger partial charge < -0.3 is 27.2 Å². The van der Waals surface area contributed by atoms with Crippen molar-refractivity contribution in [1.29, 1.82) is 0 Å². The summed E-state index contributed by atoms with van der Waals surface area (Å²) in [5, 5.41) is 15.6. The molecule has 2 aromatic rings. The molecule has 0 saturated heterocycles. The van der Waals surface area contributed by atoms with Gasteiger partial charge in [0.25, 0.3) is 0 Å². The number of nitrogens with one attached hydrogen (secondary N) is 2. The third kappa shape index (κ3) is 9.10. The van der Waals surface area contributed by atoms with E-state index in [1.165, 1.54) is 6.42 Å². The molecule has 3 rings (SSSR count). The predicted molar refractivity (Wildman–Crippen MR) is 160 cm³/mol. The summed E-state index contributed by atoms with van der Waals surface area (Å²) < 4.78 is 1.36. The second-order valence-electron chi connectivity index (χ2n) is 9.67. The van der Waals surface area contributed by atoms with E-state index >= 15 is 0 Å². The number of halogens is 2. The lowest BCUT2D eigenvalue weighted by atomic mass is 9.84. The van der Waals surface area contributed by atoms with Gasteiger partial charge in [-0.05, 0) is 87.2 Å². The molecule has 0 heterocycles. The van der Waals surface area contributed by atoms with E-state index in [1.807, 2.05) is 75.5 Å². The third-order valence-corrected chi connectivity index (χ3v) is 8.38. The van der Waals surface area contributed by atoms with E-state index in [-0.39, 0.29) is 18.6 Å². The Bertz CT molecular complexity index is 1070. The van der Waals surface area contributed by atoms with Gasteiger partial charge in [0.05, 0.1) is 13.2 Å². The van der Waals surface area contributed by atoms with Crippen LogP contribution in [0, 0.1) is 13.1 Å². The first-order chi connectivity index (χ1) is 17.6. The van der Waals surface area contributed by atoms with Gasteiger partial charge in [0.2, 0.25) is 17.7 Å². The van der Waals surface area contributed by atoms with E-state index in [9.17, 15) is 19.5 Å². The molecule has 0 spiro atoms. The molecule has 0 bridgehead atoms. The molecule has 0 unspecified atom stereocenters. The number of nitrogens with two attached hydrogens (primary N) is 2. The molecule has 3 amide bonds. The summed E-state index contributed by atoms with van der Waals surface area (Å²) >= 11 is 4.07. The molecular weight excluding hydrogens is 698 g/mol. The lowest BCUT2D eigenvalue weighted by molar-refractivity contribution is -0.132. The van der Waals surface area contributed by atoms with E-state index < -0.39 is 35.8 Å². The van der Waals surface area contributed by atoms with Gasteiger partial charge in [-0.2, -0.15) is 0 Å². The van der Waals surface area contributed by atoms with E-state index in [0.717, 1.165) is 36.8 Å². The Morgan fingerprint density at radius 2 is 1.49 bits per heavy atom. The highest BCUT2D eigenvalue weighted by atomic mass is 127. The zero-order chi connectivity index (χ0) is 26.9. The van der Waals surface area contributed by atoms with Crippen LogP contribution in [0.4, 0.5) is 0 Å². The first kappa shape index (κ1) is 29.6. The standard InChI is InChI=1S/C27H34I2N4O4/c28-19-11-18(12-20(29)24(19)34)13-21(30)26(36)33-23(15-17-9-5-2-6-10-17)27(37)32-22(25(31)35)14-16-7-3-1-4-8-16/h1,3-4,7-8,11-12,17,21-23,34H,2,5-6,9-10,13-15,30H2,(H2,31,35)(H,32,37)(H,33,36)/t21-,22-,23+/m1/s1. The van der Waals surface area contributed by atoms with Crippen LogP contribution in [0.2, 0.25) is 0 Å². The fraction of sp³-hybridized carbons (Fsp3) is 0.444. The average Bonchev–Trinajstić information content (AvgIpc) is 2.87. The highest BCUT2D eigenvalue weighted by Crippen LogP contribution is 2.29. The molecule has 1 saturated carbocycles. The second-order valence-corrected chi connectivity index (χ2v) is 12.0. The number of phenols is 1. The number of carbonyl (C=O) groups excluding carboxylic acids is 3. The Morgan fingerprint density at radius 3 is 2.08 bits per heavy atom. The number of carbonyl (C=O) groups is 3. The van der Waals surface area contributed by atoms with Crippen molar-refractivity contribution in [3.05, 3.63) is 60.7 Å². The number of aromatic hydroxyl groups is 1. The minimum atomic E-state index is -0.893. The van der Waals surface area contributed by atoms with Crippen molar-refractivity contribution >= 4 is 62.9 Å². The molecule has 7 N–H and O–H groups in total. The first-order valence-electron chi connectivity index (χ1n) is 12.5. The zero-order valence-corrected chi connectivity index (χ0v) is 24.9. The SMILES string of the molecule is NC(=O)[C@@H](Cc1ccccc1)NC(=O)[C@H](CC1CCCCC1)NC(=O)[C@H](N)Cc1cc(I)c(O)c(I)c1. The van der Waals surface area contributed by atoms with E-state index in [2.05, 4.69) is 10.6 Å². The molecule has 0 aliphatic heterocycles. The molecule has 3 atom stereocenters. The van der Waals surface area contributed by atoms with Crippen LogP contribution in [0.5, 0.6) is 5.75 Å². The highest BCUT2D eigenvalue weighted by molar-refractivity contribution is 14.1. The van der Waals surface area contributed by atoms with Gasteiger partial charge in [-0.15, -0.1) is 0 Å². The molecule has 0 aromatic heterocycles. The largest absolute Gasteiger partial charge is 0.506 e. The lowest BCUT2D eigenvalue weighted by Gasteiger charge is -2.28. The quantitative estimate of drug-likeness (QED) is 0.226. The van der Waals surface area contributed by atoms with Crippen LogP contribution in [0.3, 0.4) is 0 Å². The molecular formula is C27H34I2N4O4. The fourth-order valence-electron chi connectivity index (χ4n) is 4.69. The molecule has 8 nitrogen and oxygen atoms in total. The summed E-state index contributed by atoms with van der Waals surface area (Å²) in [6.07, 6.45) is 6.38. The van der Waals surface area contributed by atoms with Crippen LogP contribution in [0.1, 0.15) is 49.7 Å². The average molecular weight is 732 g/mol. The third-order valence-electron chi connectivity index (χ3n) is 6.74. The maximum atomic E-state index is 13.4. The normalized spacial score (nSPS) is 16.4. The van der Waals surface area contributed by atoms with Gasteiger partial charge in [-0.1, -0.05) is 62.4 Å². The van der Waals surface area contributed by atoms with E-state index in [0.29, 0.717) is 19.5 Å². The number of hydrogen-bond acceptors (Lipinski definition) is 5. The van der Waals surface area contributed by atoms with Crippen molar-refractivity contribution in [3.63, 3.8) is 0 Å². The maximum absolute atomic E-state index is 13.4. The van der Waals surface area contributed by atoms with Crippen molar-refractivity contribution in [3.8, 4) is 5.75 Å². The van der Waals surface area contributed by atoms with E-state index in [1.54, 1.807) is 12.1 Å². The van der Waals surface area contributed by atoms with Crippen molar-refractivity contribution in [2.24, 2.45) is 17.4 Å². The Hall–Kier alpha value is -1.93. The minimum Gasteiger partial charge on any atom is -0.506 e. The summed E-state index contributed by atoms with van der Waals surface area (Å²) in [4.78, 5) is 38.6. The summed E-state index contributed by atoms with van der Waals surface area (Å²) in [6, 6.07) is 10.3. The van der Waals surface area contributed by atoms with Crippen LogP contribution in [-0.4, -0.2) is 41.0 Å². The van der Waals surface area contributed by atoms with Crippen molar-refractivity contribution < 1.29 is 19.5 Å². The molecule has 2 aromatic carbocycles. The van der Waals surface area contributed by atoms with Crippen LogP contribution >= 0.6 is 45.2 Å². The highest BCUT2D eigenvalue weighted by Gasteiger charge is 2.30. The summed E-state index contributed by atoms with van der Waals surface area (Å²) in [5.41, 5.74) is 13.5. The van der Waals surface area contributed by atoms with Crippen LogP contribution in [-0.2, 0) is 27.2 Å². The Kier molecular flexibility index (Phi) is 11.4.